The number of rotatable bonds is 4. The Balaban J connectivity index is 1.96. The third kappa shape index (κ3) is 4.29. The summed E-state index contributed by atoms with van der Waals surface area (Å²) in [5.74, 6) is -1.46. The lowest BCUT2D eigenvalue weighted by atomic mass is 9.94. The number of aromatic nitrogens is 2. The normalized spacial score (nSPS) is 19.3. The lowest BCUT2D eigenvalue weighted by Crippen LogP contribution is -2.62. The molecule has 10 heteroatoms. The average molecular weight is 432 g/mol. The summed E-state index contributed by atoms with van der Waals surface area (Å²) in [7, 11) is 3.37. The number of halogens is 1. The molecule has 0 aliphatic carbocycles. The zero-order valence-corrected chi connectivity index (χ0v) is 18.0. The maximum Gasteiger partial charge on any atom is 0.380 e. The summed E-state index contributed by atoms with van der Waals surface area (Å²) >= 11 is 0. The quantitative estimate of drug-likeness (QED) is 0.706. The molecule has 1 aromatic heterocycles. The third-order valence-corrected chi connectivity index (χ3v) is 5.92. The van der Waals surface area contributed by atoms with E-state index in [1.54, 1.807) is 4.90 Å². The van der Waals surface area contributed by atoms with Crippen molar-refractivity contribution in [1.82, 2.24) is 19.7 Å². The van der Waals surface area contributed by atoms with Crippen LogP contribution in [0.5, 0.6) is 5.75 Å². The van der Waals surface area contributed by atoms with Gasteiger partial charge in [-0.2, -0.15) is 4.57 Å². The highest BCUT2D eigenvalue weighted by atomic mass is 19.1. The maximum atomic E-state index is 13.1. The fourth-order valence-corrected chi connectivity index (χ4v) is 3.78. The maximum absolute atomic E-state index is 13.1. The van der Waals surface area contributed by atoms with Crippen LogP contribution in [0.15, 0.2) is 29.1 Å². The van der Waals surface area contributed by atoms with Gasteiger partial charge in [0.1, 0.15) is 11.4 Å². The zero-order chi connectivity index (χ0) is 22.9. The highest BCUT2D eigenvalue weighted by molar-refractivity contribution is 5.93. The molecule has 0 saturated carbocycles. The summed E-state index contributed by atoms with van der Waals surface area (Å²) in [6, 6.07) is 5.62. The summed E-state index contributed by atoms with van der Waals surface area (Å²) in [5, 5.41) is 13.0. The molecule has 2 heterocycles. The van der Waals surface area contributed by atoms with Crippen molar-refractivity contribution in [2.45, 2.75) is 25.9 Å². The number of nitrogens with zero attached hydrogens (tertiary/aromatic N) is 3. The van der Waals surface area contributed by atoms with Crippen molar-refractivity contribution in [2.24, 2.45) is 7.05 Å². The summed E-state index contributed by atoms with van der Waals surface area (Å²) in [4.78, 5) is 44.0. The van der Waals surface area contributed by atoms with E-state index in [9.17, 15) is 23.9 Å². The van der Waals surface area contributed by atoms with Crippen LogP contribution in [-0.2, 0) is 23.9 Å². The first-order chi connectivity index (χ1) is 14.5. The van der Waals surface area contributed by atoms with E-state index in [2.05, 4.69) is 10.3 Å². The van der Waals surface area contributed by atoms with E-state index in [4.69, 9.17) is 0 Å². The van der Waals surface area contributed by atoms with Gasteiger partial charge in [-0.05, 0) is 31.7 Å². The van der Waals surface area contributed by atoms with Gasteiger partial charge in [0.2, 0.25) is 11.6 Å². The van der Waals surface area contributed by atoms with Crippen LogP contribution in [0, 0.1) is 5.82 Å². The minimum absolute atomic E-state index is 0.0830. The molecule has 3 rings (SSSR count). The van der Waals surface area contributed by atoms with Crippen LogP contribution in [-0.4, -0.2) is 58.0 Å². The number of likely N-dealkylation sites (N-methyl/N-ethyl adjacent to an activating group) is 1. The Morgan fingerprint density at radius 1 is 1.23 bits per heavy atom. The van der Waals surface area contributed by atoms with Gasteiger partial charge < -0.3 is 15.3 Å². The molecule has 2 aromatic rings. The average Bonchev–Trinajstić information content (AvgIpc) is 2.73. The Bertz CT molecular complexity index is 1070. The van der Waals surface area contributed by atoms with Gasteiger partial charge >= 0.3 is 5.56 Å². The SMILES string of the molecule is CC(=O)N1CCN(C)C(C)(c2[nH+]c(C(=O)NCc3ccc(F)cc3)c(O)c(=O)n2C)C1. The first-order valence-electron chi connectivity index (χ1n) is 9.89. The number of aromatic amines is 1. The Labute approximate surface area is 179 Å². The first kappa shape index (κ1) is 22.4. The highest BCUT2D eigenvalue weighted by Crippen LogP contribution is 2.28. The van der Waals surface area contributed by atoms with Crippen molar-refractivity contribution >= 4 is 11.8 Å². The van der Waals surface area contributed by atoms with Crippen molar-refractivity contribution < 1.29 is 24.1 Å². The molecule has 1 atom stereocenters. The van der Waals surface area contributed by atoms with Crippen LogP contribution in [0.1, 0.15) is 35.7 Å². The van der Waals surface area contributed by atoms with Crippen LogP contribution in [0.25, 0.3) is 0 Å². The van der Waals surface area contributed by atoms with E-state index in [1.807, 2.05) is 18.9 Å². The number of carbonyl (C=O) groups is 2. The van der Waals surface area contributed by atoms with Crippen molar-refractivity contribution in [3.63, 3.8) is 0 Å². The fourth-order valence-electron chi connectivity index (χ4n) is 3.78. The van der Waals surface area contributed by atoms with E-state index >= 15 is 0 Å². The molecule has 1 aliphatic heterocycles. The summed E-state index contributed by atoms with van der Waals surface area (Å²) in [5.41, 5.74) is -1.13. The van der Waals surface area contributed by atoms with Crippen LogP contribution < -0.4 is 15.9 Å². The van der Waals surface area contributed by atoms with Crippen molar-refractivity contribution in [1.29, 1.82) is 0 Å². The predicted molar refractivity (Wildman–Crippen MR) is 110 cm³/mol. The molecule has 1 aromatic carbocycles. The fraction of sp³-hybridized carbons (Fsp3) is 0.429. The van der Waals surface area contributed by atoms with Crippen LogP contribution >= 0.6 is 0 Å². The second-order valence-corrected chi connectivity index (χ2v) is 8.01. The second-order valence-electron chi connectivity index (χ2n) is 8.01. The topological polar surface area (TPSA) is 109 Å². The van der Waals surface area contributed by atoms with Crippen LogP contribution in [0.3, 0.4) is 0 Å². The number of nitrogens with one attached hydrogen (secondary N) is 2. The number of amides is 2. The number of carbonyl (C=O) groups excluding carboxylic acids is 2. The predicted octanol–water partition coefficient (Wildman–Crippen LogP) is -0.0168. The third-order valence-electron chi connectivity index (χ3n) is 5.92. The summed E-state index contributed by atoms with van der Waals surface area (Å²) < 4.78 is 14.3. The number of aromatic hydroxyl groups is 1. The number of hydrogen-bond donors (Lipinski definition) is 2. The molecule has 9 nitrogen and oxygen atoms in total. The number of piperazine rings is 1. The molecule has 1 unspecified atom stereocenters. The monoisotopic (exact) mass is 432 g/mol. The smallest absolute Gasteiger partial charge is 0.380 e. The largest absolute Gasteiger partial charge is 0.498 e. The van der Waals surface area contributed by atoms with E-state index in [1.165, 1.54) is 42.8 Å². The lowest BCUT2D eigenvalue weighted by Gasteiger charge is -2.44. The Morgan fingerprint density at radius 3 is 2.48 bits per heavy atom. The zero-order valence-electron chi connectivity index (χ0n) is 18.0. The Morgan fingerprint density at radius 2 is 1.87 bits per heavy atom. The van der Waals surface area contributed by atoms with E-state index in [0.29, 0.717) is 31.0 Å². The molecular weight excluding hydrogens is 405 g/mol. The van der Waals surface area contributed by atoms with Gasteiger partial charge in [-0.15, -0.1) is 0 Å². The highest BCUT2D eigenvalue weighted by Gasteiger charge is 2.46. The van der Waals surface area contributed by atoms with Gasteiger partial charge in [0, 0.05) is 26.6 Å². The minimum atomic E-state index is -0.794. The molecule has 166 valence electrons. The van der Waals surface area contributed by atoms with E-state index in [-0.39, 0.29) is 24.0 Å². The standard InChI is InChI=1S/C21H26FN5O4/c1-13(28)27-10-9-25(3)21(2,12-27)20-24-16(17(29)19(31)26(20)4)18(30)23-11-14-5-7-15(22)8-6-14/h5-8,29H,9-12H2,1-4H3,(H,23,30)/p+1. The van der Waals surface area contributed by atoms with Crippen molar-refractivity contribution in [3.05, 3.63) is 57.5 Å². The van der Waals surface area contributed by atoms with Gasteiger partial charge in [0.25, 0.3) is 17.5 Å². The number of H-pyrrole nitrogens is 1. The van der Waals surface area contributed by atoms with Crippen molar-refractivity contribution in [2.75, 3.05) is 26.7 Å². The van der Waals surface area contributed by atoms with Gasteiger partial charge in [0.05, 0.1) is 13.6 Å². The molecule has 0 spiro atoms. The molecule has 3 N–H and O–H groups in total. The van der Waals surface area contributed by atoms with Gasteiger partial charge in [-0.3, -0.25) is 14.5 Å². The van der Waals surface area contributed by atoms with Gasteiger partial charge in [0.15, 0.2) is 0 Å². The number of benzene rings is 1. The lowest BCUT2D eigenvalue weighted by molar-refractivity contribution is -0.417. The Kier molecular flexibility index (Phi) is 6.12. The van der Waals surface area contributed by atoms with Crippen molar-refractivity contribution in [3.8, 4) is 5.75 Å². The molecule has 1 saturated heterocycles. The molecule has 1 aliphatic rings. The molecule has 0 bridgehead atoms. The van der Waals surface area contributed by atoms with E-state index in [0.717, 1.165) is 0 Å². The minimum Gasteiger partial charge on any atom is -0.498 e. The molecule has 2 amide bonds. The number of hydrogen-bond acceptors (Lipinski definition) is 5. The van der Waals surface area contributed by atoms with E-state index < -0.39 is 22.8 Å². The molecular formula is C21H27FN5O4+. The van der Waals surface area contributed by atoms with Gasteiger partial charge in [-0.1, -0.05) is 12.1 Å². The second kappa shape index (κ2) is 8.46. The van der Waals surface area contributed by atoms with Crippen LogP contribution in [0.2, 0.25) is 0 Å². The van der Waals surface area contributed by atoms with Crippen LogP contribution in [0.4, 0.5) is 4.39 Å². The summed E-state index contributed by atoms with van der Waals surface area (Å²) in [6.45, 7) is 4.88. The molecule has 0 radical (unpaired) electrons. The summed E-state index contributed by atoms with van der Waals surface area (Å²) in [6.07, 6.45) is 0. The molecule has 1 fully saturated rings. The Hall–Kier alpha value is -3.27. The van der Waals surface area contributed by atoms with Gasteiger partial charge in [-0.25, -0.2) is 14.2 Å². The molecule has 31 heavy (non-hydrogen) atoms. The first-order valence-corrected chi connectivity index (χ1v) is 9.89.